The van der Waals surface area contributed by atoms with E-state index in [0.717, 1.165) is 21.5 Å². The van der Waals surface area contributed by atoms with Crippen LogP contribution in [0.5, 0.6) is 0 Å². The lowest BCUT2D eigenvalue weighted by molar-refractivity contribution is 0.186. The molecule has 0 amide bonds. The number of nitrogens with zero attached hydrogens (tertiary/aromatic N) is 4. The standard InChI is InChI=1S/C17H13FN4O2S/c1-9-7-10(8-24-2)13-14-15(25-16(13)19-9)17(23)22(21-20-14)12-5-3-11(18)4-6-12/h3-7H,8H2,1-2H3. The molecule has 0 aliphatic heterocycles. The van der Waals surface area contributed by atoms with E-state index in [1.165, 1.54) is 40.3 Å². The molecule has 0 spiro atoms. The lowest BCUT2D eigenvalue weighted by atomic mass is 10.1. The second kappa shape index (κ2) is 5.98. The van der Waals surface area contributed by atoms with Gasteiger partial charge in [-0.25, -0.2) is 9.37 Å². The van der Waals surface area contributed by atoms with Crippen molar-refractivity contribution in [3.05, 3.63) is 57.8 Å². The Kier molecular flexibility index (Phi) is 3.78. The molecule has 4 aromatic rings. The van der Waals surface area contributed by atoms with Crippen molar-refractivity contribution < 1.29 is 9.13 Å². The Balaban J connectivity index is 2.02. The molecule has 8 heteroatoms. The topological polar surface area (TPSA) is 69.9 Å². The molecule has 1 aromatic carbocycles. The Morgan fingerprint density at radius 3 is 2.76 bits per heavy atom. The molecule has 126 valence electrons. The average molecular weight is 356 g/mol. The first-order chi connectivity index (χ1) is 12.1. The third kappa shape index (κ3) is 2.59. The lowest BCUT2D eigenvalue weighted by Crippen LogP contribution is -2.21. The van der Waals surface area contributed by atoms with Crippen LogP contribution in [0.4, 0.5) is 4.39 Å². The smallest absolute Gasteiger partial charge is 0.292 e. The van der Waals surface area contributed by atoms with Crippen molar-refractivity contribution in [2.75, 3.05) is 7.11 Å². The maximum Gasteiger partial charge on any atom is 0.292 e. The van der Waals surface area contributed by atoms with Crippen LogP contribution < -0.4 is 5.56 Å². The number of rotatable bonds is 3. The highest BCUT2D eigenvalue weighted by molar-refractivity contribution is 7.25. The summed E-state index contributed by atoms with van der Waals surface area (Å²) in [4.78, 5) is 18.1. The van der Waals surface area contributed by atoms with Crippen LogP contribution in [0.25, 0.3) is 26.1 Å². The highest BCUT2D eigenvalue weighted by Gasteiger charge is 2.17. The fourth-order valence-electron chi connectivity index (χ4n) is 2.78. The summed E-state index contributed by atoms with van der Waals surface area (Å²) in [5, 5.41) is 9.05. The Labute approximate surface area is 145 Å². The summed E-state index contributed by atoms with van der Waals surface area (Å²) in [5.41, 5.74) is 2.44. The zero-order valence-electron chi connectivity index (χ0n) is 13.5. The van der Waals surface area contributed by atoms with Gasteiger partial charge in [0.25, 0.3) is 5.56 Å². The van der Waals surface area contributed by atoms with E-state index in [9.17, 15) is 9.18 Å². The molecule has 6 nitrogen and oxygen atoms in total. The molecule has 0 atom stereocenters. The van der Waals surface area contributed by atoms with Gasteiger partial charge in [-0.2, -0.15) is 4.68 Å². The van der Waals surface area contributed by atoms with E-state index in [1.807, 2.05) is 13.0 Å². The summed E-state index contributed by atoms with van der Waals surface area (Å²) in [5.74, 6) is -0.378. The van der Waals surface area contributed by atoms with E-state index in [1.54, 1.807) is 7.11 Å². The lowest BCUT2D eigenvalue weighted by Gasteiger charge is -2.04. The first-order valence-corrected chi connectivity index (χ1v) is 8.34. The summed E-state index contributed by atoms with van der Waals surface area (Å²) < 4.78 is 20.0. The van der Waals surface area contributed by atoms with Crippen LogP contribution in [0.15, 0.2) is 35.1 Å². The number of aryl methyl sites for hydroxylation is 1. The van der Waals surface area contributed by atoms with E-state index < -0.39 is 0 Å². The highest BCUT2D eigenvalue weighted by Crippen LogP contribution is 2.32. The predicted molar refractivity (Wildman–Crippen MR) is 93.7 cm³/mol. The SMILES string of the molecule is COCc1cc(C)nc2sc3c(=O)n(-c4ccc(F)cc4)nnc3c12. The fraction of sp³-hybridized carbons (Fsp3) is 0.176. The van der Waals surface area contributed by atoms with Gasteiger partial charge >= 0.3 is 0 Å². The van der Waals surface area contributed by atoms with Crippen LogP contribution in [0.1, 0.15) is 11.3 Å². The van der Waals surface area contributed by atoms with Crippen molar-refractivity contribution in [1.29, 1.82) is 0 Å². The fourth-order valence-corrected chi connectivity index (χ4v) is 3.91. The summed E-state index contributed by atoms with van der Waals surface area (Å²) in [7, 11) is 1.61. The summed E-state index contributed by atoms with van der Waals surface area (Å²) in [6, 6.07) is 7.46. The maximum atomic E-state index is 13.1. The van der Waals surface area contributed by atoms with Crippen LogP contribution >= 0.6 is 11.3 Å². The Morgan fingerprint density at radius 1 is 1.28 bits per heavy atom. The number of hydrogen-bond donors (Lipinski definition) is 0. The van der Waals surface area contributed by atoms with Crippen molar-refractivity contribution >= 4 is 31.8 Å². The molecule has 3 aromatic heterocycles. The van der Waals surface area contributed by atoms with Gasteiger partial charge in [0.1, 0.15) is 20.9 Å². The molecule has 0 saturated heterocycles. The third-order valence-corrected chi connectivity index (χ3v) is 4.90. The molecule has 0 radical (unpaired) electrons. The van der Waals surface area contributed by atoms with Crippen LogP contribution in [0.3, 0.4) is 0 Å². The van der Waals surface area contributed by atoms with Crippen LogP contribution in [-0.4, -0.2) is 27.1 Å². The minimum Gasteiger partial charge on any atom is -0.380 e. The summed E-state index contributed by atoms with van der Waals surface area (Å²) in [6.45, 7) is 2.29. The van der Waals surface area contributed by atoms with Crippen molar-refractivity contribution in [2.45, 2.75) is 13.5 Å². The van der Waals surface area contributed by atoms with Crippen LogP contribution in [0.2, 0.25) is 0 Å². The third-order valence-electron chi connectivity index (χ3n) is 3.84. The molecule has 3 heterocycles. The molecule has 0 fully saturated rings. The van der Waals surface area contributed by atoms with Crippen molar-refractivity contribution in [3.8, 4) is 5.69 Å². The molecule has 0 bridgehead atoms. The predicted octanol–water partition coefficient (Wildman–Crippen LogP) is 2.98. The molecular weight excluding hydrogens is 343 g/mol. The van der Waals surface area contributed by atoms with Gasteiger partial charge in [0, 0.05) is 18.2 Å². The molecule has 4 rings (SSSR count). The van der Waals surface area contributed by atoms with Gasteiger partial charge < -0.3 is 4.74 Å². The Morgan fingerprint density at radius 2 is 2.04 bits per heavy atom. The number of methoxy groups -OCH3 is 1. The second-order valence-corrected chi connectivity index (χ2v) is 6.60. The summed E-state index contributed by atoms with van der Waals surface area (Å²) >= 11 is 1.28. The minimum atomic E-state index is -0.378. The van der Waals surface area contributed by atoms with Gasteiger partial charge in [-0.05, 0) is 42.8 Å². The number of ether oxygens (including phenoxy) is 1. The van der Waals surface area contributed by atoms with E-state index >= 15 is 0 Å². The second-order valence-electron chi connectivity index (χ2n) is 5.60. The number of fused-ring (bicyclic) bond motifs is 3. The Bertz CT molecular complexity index is 1150. The number of aromatic nitrogens is 4. The normalized spacial score (nSPS) is 11.5. The minimum absolute atomic E-state index is 0.305. The van der Waals surface area contributed by atoms with Gasteiger partial charge in [-0.15, -0.1) is 16.4 Å². The number of benzene rings is 1. The van der Waals surface area contributed by atoms with E-state index in [2.05, 4.69) is 15.3 Å². The first-order valence-electron chi connectivity index (χ1n) is 7.52. The van der Waals surface area contributed by atoms with E-state index in [0.29, 0.717) is 22.5 Å². The number of thiophene rings is 1. The monoisotopic (exact) mass is 356 g/mol. The van der Waals surface area contributed by atoms with Gasteiger partial charge in [-0.3, -0.25) is 4.79 Å². The van der Waals surface area contributed by atoms with Gasteiger partial charge in [0.15, 0.2) is 0 Å². The molecule has 0 saturated carbocycles. The van der Waals surface area contributed by atoms with Gasteiger partial charge in [-0.1, -0.05) is 5.21 Å². The number of halogens is 1. The molecule has 0 unspecified atom stereocenters. The van der Waals surface area contributed by atoms with Crippen molar-refractivity contribution in [1.82, 2.24) is 20.0 Å². The van der Waals surface area contributed by atoms with E-state index in [4.69, 9.17) is 4.74 Å². The zero-order valence-corrected chi connectivity index (χ0v) is 14.3. The molecule has 25 heavy (non-hydrogen) atoms. The summed E-state index contributed by atoms with van der Waals surface area (Å²) in [6.07, 6.45) is 0. The van der Waals surface area contributed by atoms with E-state index in [-0.39, 0.29) is 11.4 Å². The largest absolute Gasteiger partial charge is 0.380 e. The molecule has 0 aliphatic rings. The number of pyridine rings is 1. The van der Waals surface area contributed by atoms with Crippen LogP contribution in [-0.2, 0) is 11.3 Å². The van der Waals surface area contributed by atoms with Gasteiger partial charge in [0.05, 0.1) is 12.3 Å². The van der Waals surface area contributed by atoms with Gasteiger partial charge in [0.2, 0.25) is 0 Å². The van der Waals surface area contributed by atoms with Crippen LogP contribution in [0, 0.1) is 12.7 Å². The Hall–Kier alpha value is -2.71. The molecule has 0 aliphatic carbocycles. The first kappa shape index (κ1) is 15.8. The van der Waals surface area contributed by atoms with Crippen molar-refractivity contribution in [3.63, 3.8) is 0 Å². The zero-order chi connectivity index (χ0) is 17.6. The number of hydrogen-bond acceptors (Lipinski definition) is 6. The average Bonchev–Trinajstić information content (AvgIpc) is 2.96. The highest BCUT2D eigenvalue weighted by atomic mass is 32.1. The van der Waals surface area contributed by atoms with Crippen molar-refractivity contribution in [2.24, 2.45) is 0 Å². The maximum absolute atomic E-state index is 13.1. The molecule has 0 N–H and O–H groups in total. The molecular formula is C17H13FN4O2S. The quantitative estimate of drug-likeness (QED) is 0.564.